The molecule has 0 amide bonds. The molecule has 3 rings (SSSR count). The third kappa shape index (κ3) is 2.18. The molecular weight excluding hydrogens is 228 g/mol. The monoisotopic (exact) mass is 262 g/mol. The van der Waals surface area contributed by atoms with E-state index in [1.807, 2.05) is 0 Å². The van der Waals surface area contributed by atoms with Crippen molar-refractivity contribution in [3.8, 4) is 0 Å². The van der Waals surface area contributed by atoms with Gasteiger partial charge in [-0.1, -0.05) is 53.4 Å². The molecule has 0 aromatic rings. The van der Waals surface area contributed by atoms with Crippen LogP contribution in [0, 0.1) is 40.9 Å². The minimum atomic E-state index is 0.598. The van der Waals surface area contributed by atoms with E-state index in [2.05, 4.69) is 27.7 Å². The van der Waals surface area contributed by atoms with Crippen LogP contribution in [0.5, 0.6) is 0 Å². The van der Waals surface area contributed by atoms with Crippen LogP contribution in [0.15, 0.2) is 0 Å². The third-order valence-corrected chi connectivity index (χ3v) is 7.67. The Morgan fingerprint density at radius 1 is 0.684 bits per heavy atom. The van der Waals surface area contributed by atoms with Crippen LogP contribution in [-0.2, 0) is 0 Å². The Hall–Kier alpha value is 0. The Bertz CT molecular complexity index is 310. The molecule has 19 heavy (non-hydrogen) atoms. The highest BCUT2D eigenvalue weighted by Gasteiger charge is 2.53. The van der Waals surface area contributed by atoms with Gasteiger partial charge in [0.2, 0.25) is 0 Å². The van der Waals surface area contributed by atoms with Gasteiger partial charge in [-0.15, -0.1) is 0 Å². The Balaban J connectivity index is 1.85. The van der Waals surface area contributed by atoms with Gasteiger partial charge in [-0.3, -0.25) is 0 Å². The van der Waals surface area contributed by atoms with Crippen molar-refractivity contribution < 1.29 is 0 Å². The number of hydrogen-bond acceptors (Lipinski definition) is 0. The van der Waals surface area contributed by atoms with Crippen LogP contribution in [0.1, 0.15) is 79.1 Å². The minimum Gasteiger partial charge on any atom is -0.0620 e. The van der Waals surface area contributed by atoms with Crippen molar-refractivity contribution in [2.45, 2.75) is 79.1 Å². The summed E-state index contributed by atoms with van der Waals surface area (Å²) in [6.07, 6.45) is 12.1. The minimum absolute atomic E-state index is 0.598. The van der Waals surface area contributed by atoms with E-state index in [0.29, 0.717) is 5.41 Å². The first kappa shape index (κ1) is 14.0. The van der Waals surface area contributed by atoms with E-state index in [0.717, 1.165) is 35.5 Å². The number of rotatable bonds is 2. The quantitative estimate of drug-likeness (QED) is 0.580. The van der Waals surface area contributed by atoms with E-state index in [1.54, 1.807) is 6.42 Å². The van der Waals surface area contributed by atoms with Gasteiger partial charge in [0.05, 0.1) is 0 Å². The van der Waals surface area contributed by atoms with Crippen molar-refractivity contribution in [2.75, 3.05) is 0 Å². The topological polar surface area (TPSA) is 0 Å². The largest absolute Gasteiger partial charge is 0.0620 e. The molecule has 3 fully saturated rings. The standard InChI is InChI=1S/C19H34/c1-13-14(2)18(17-12-8-7-11-16(13)17)19(3,4)15-9-5-6-10-15/h13-18H,5-12H2,1-4H3. The molecule has 0 heterocycles. The maximum Gasteiger partial charge on any atom is -0.0292 e. The molecule has 0 aromatic carbocycles. The second kappa shape index (κ2) is 5.08. The highest BCUT2D eigenvalue weighted by molar-refractivity contribution is 5.02. The molecule has 3 aliphatic rings. The SMILES string of the molecule is CC1C(C)C(C(C)(C)C2CCCC2)C2CCCCC12. The van der Waals surface area contributed by atoms with Gasteiger partial charge < -0.3 is 0 Å². The van der Waals surface area contributed by atoms with Crippen molar-refractivity contribution in [3.63, 3.8) is 0 Å². The summed E-state index contributed by atoms with van der Waals surface area (Å²) in [7, 11) is 0. The lowest BCUT2D eigenvalue weighted by Gasteiger charge is -2.44. The Morgan fingerprint density at radius 3 is 1.84 bits per heavy atom. The van der Waals surface area contributed by atoms with Gasteiger partial charge in [-0.25, -0.2) is 0 Å². The van der Waals surface area contributed by atoms with Crippen molar-refractivity contribution in [2.24, 2.45) is 40.9 Å². The predicted molar refractivity (Wildman–Crippen MR) is 83.0 cm³/mol. The summed E-state index contributed by atoms with van der Waals surface area (Å²) >= 11 is 0. The van der Waals surface area contributed by atoms with Crippen molar-refractivity contribution >= 4 is 0 Å². The molecule has 5 unspecified atom stereocenters. The van der Waals surface area contributed by atoms with Gasteiger partial charge in [0.15, 0.2) is 0 Å². The molecule has 0 radical (unpaired) electrons. The lowest BCUT2D eigenvalue weighted by atomic mass is 9.60. The van der Waals surface area contributed by atoms with Gasteiger partial charge in [-0.05, 0) is 66.6 Å². The summed E-state index contributed by atoms with van der Waals surface area (Å²) in [4.78, 5) is 0. The molecule has 5 atom stereocenters. The molecule has 0 N–H and O–H groups in total. The fraction of sp³-hybridized carbons (Fsp3) is 1.00. The maximum absolute atomic E-state index is 2.63. The zero-order valence-corrected chi connectivity index (χ0v) is 13.6. The Kier molecular flexibility index (Phi) is 3.73. The van der Waals surface area contributed by atoms with Crippen molar-refractivity contribution in [1.29, 1.82) is 0 Å². The van der Waals surface area contributed by atoms with Gasteiger partial charge in [-0.2, -0.15) is 0 Å². The van der Waals surface area contributed by atoms with Crippen LogP contribution in [0.4, 0.5) is 0 Å². The normalized spacial score (nSPS) is 44.5. The Labute approximate surface area is 120 Å². The molecule has 0 spiro atoms. The van der Waals surface area contributed by atoms with Gasteiger partial charge in [0.25, 0.3) is 0 Å². The van der Waals surface area contributed by atoms with Gasteiger partial charge in [0.1, 0.15) is 0 Å². The number of fused-ring (bicyclic) bond motifs is 1. The Morgan fingerprint density at radius 2 is 1.21 bits per heavy atom. The highest BCUT2D eigenvalue weighted by Crippen LogP contribution is 2.61. The molecule has 110 valence electrons. The van der Waals surface area contributed by atoms with Gasteiger partial charge >= 0.3 is 0 Å². The molecule has 0 aromatic heterocycles. The van der Waals surface area contributed by atoms with Crippen LogP contribution < -0.4 is 0 Å². The lowest BCUT2D eigenvalue weighted by Crippen LogP contribution is -2.38. The van der Waals surface area contributed by atoms with E-state index >= 15 is 0 Å². The number of hydrogen-bond donors (Lipinski definition) is 0. The second-order valence-electron chi connectivity index (χ2n) is 8.66. The summed E-state index contributed by atoms with van der Waals surface area (Å²) in [5.41, 5.74) is 0.598. The van der Waals surface area contributed by atoms with E-state index < -0.39 is 0 Å². The van der Waals surface area contributed by atoms with Crippen LogP contribution in [0.3, 0.4) is 0 Å². The predicted octanol–water partition coefficient (Wildman–Crippen LogP) is 5.91. The fourth-order valence-corrected chi connectivity index (χ4v) is 6.57. The summed E-state index contributed by atoms with van der Waals surface area (Å²) in [6.45, 7) is 10.4. The maximum atomic E-state index is 2.63. The molecule has 0 aliphatic heterocycles. The van der Waals surface area contributed by atoms with Crippen LogP contribution in [0.2, 0.25) is 0 Å². The summed E-state index contributed by atoms with van der Waals surface area (Å²) < 4.78 is 0. The average molecular weight is 262 g/mol. The summed E-state index contributed by atoms with van der Waals surface area (Å²) in [6, 6.07) is 0. The van der Waals surface area contributed by atoms with Crippen LogP contribution in [-0.4, -0.2) is 0 Å². The molecule has 0 nitrogen and oxygen atoms in total. The van der Waals surface area contributed by atoms with Gasteiger partial charge in [0, 0.05) is 0 Å². The fourth-order valence-electron chi connectivity index (χ4n) is 6.57. The molecule has 3 aliphatic carbocycles. The highest BCUT2D eigenvalue weighted by atomic mass is 14.6. The molecule has 0 heteroatoms. The smallest absolute Gasteiger partial charge is 0.0292 e. The van der Waals surface area contributed by atoms with Crippen LogP contribution in [0.25, 0.3) is 0 Å². The molecule has 3 saturated carbocycles. The average Bonchev–Trinajstić information content (AvgIpc) is 2.99. The molecule has 0 saturated heterocycles. The van der Waals surface area contributed by atoms with Crippen molar-refractivity contribution in [1.82, 2.24) is 0 Å². The first-order valence-corrected chi connectivity index (χ1v) is 9.03. The summed E-state index contributed by atoms with van der Waals surface area (Å²) in [5.74, 6) is 6.10. The zero-order valence-electron chi connectivity index (χ0n) is 13.6. The second-order valence-corrected chi connectivity index (χ2v) is 8.66. The van der Waals surface area contributed by atoms with E-state index in [9.17, 15) is 0 Å². The van der Waals surface area contributed by atoms with E-state index in [1.165, 1.54) is 44.9 Å². The van der Waals surface area contributed by atoms with E-state index in [4.69, 9.17) is 0 Å². The summed E-state index contributed by atoms with van der Waals surface area (Å²) in [5, 5.41) is 0. The van der Waals surface area contributed by atoms with E-state index in [-0.39, 0.29) is 0 Å². The lowest BCUT2D eigenvalue weighted by molar-refractivity contribution is 0.0419. The first-order valence-electron chi connectivity index (χ1n) is 9.03. The molecule has 0 bridgehead atoms. The molecular formula is C19H34. The van der Waals surface area contributed by atoms with Crippen LogP contribution >= 0.6 is 0 Å². The van der Waals surface area contributed by atoms with Crippen molar-refractivity contribution in [3.05, 3.63) is 0 Å². The first-order chi connectivity index (χ1) is 9.03. The third-order valence-electron chi connectivity index (χ3n) is 7.67. The zero-order chi connectivity index (χ0) is 13.6.